The fraction of sp³-hybridized carbons (Fsp3) is 0.500. The molecule has 0 radical (unpaired) electrons. The maximum Gasteiger partial charge on any atom is 0.274 e. The van der Waals surface area contributed by atoms with E-state index < -0.39 is 0 Å². The molecule has 0 saturated carbocycles. The van der Waals surface area contributed by atoms with E-state index in [1.54, 1.807) is 18.7 Å². The Balaban J connectivity index is 1.68. The number of amides is 1. The van der Waals surface area contributed by atoms with E-state index in [-0.39, 0.29) is 5.91 Å². The highest BCUT2D eigenvalue weighted by molar-refractivity contribution is 5.92. The Morgan fingerprint density at radius 1 is 1.52 bits per heavy atom. The summed E-state index contributed by atoms with van der Waals surface area (Å²) in [5, 5.41) is 7.00. The van der Waals surface area contributed by atoms with Gasteiger partial charge in [-0.25, -0.2) is 4.98 Å². The van der Waals surface area contributed by atoms with Gasteiger partial charge >= 0.3 is 0 Å². The molecule has 7 heteroatoms. The van der Waals surface area contributed by atoms with E-state index in [1.807, 2.05) is 15.5 Å². The van der Waals surface area contributed by atoms with Crippen LogP contribution < -0.4 is 5.73 Å². The summed E-state index contributed by atoms with van der Waals surface area (Å²) in [7, 11) is 0. The van der Waals surface area contributed by atoms with Gasteiger partial charge in [-0.05, 0) is 18.9 Å². The first kappa shape index (κ1) is 13.8. The third-order valence-electron chi connectivity index (χ3n) is 3.91. The first-order valence-electron chi connectivity index (χ1n) is 7.28. The molecule has 2 aromatic heterocycles. The van der Waals surface area contributed by atoms with Crippen molar-refractivity contribution in [3.63, 3.8) is 0 Å². The topological polar surface area (TPSA) is 92.8 Å². The quantitative estimate of drug-likeness (QED) is 0.861. The molecule has 1 unspecified atom stereocenters. The molecule has 1 amide bonds. The van der Waals surface area contributed by atoms with Crippen LogP contribution in [0, 0.1) is 0 Å². The molecule has 0 spiro atoms. The number of nitrogens with one attached hydrogen (secondary N) is 1. The number of aromatic nitrogens is 4. The van der Waals surface area contributed by atoms with Crippen LogP contribution >= 0.6 is 0 Å². The van der Waals surface area contributed by atoms with Crippen LogP contribution in [0.4, 0.5) is 0 Å². The number of piperidine rings is 1. The Kier molecular flexibility index (Phi) is 4.01. The monoisotopic (exact) mass is 288 g/mol. The van der Waals surface area contributed by atoms with Crippen molar-refractivity contribution in [2.45, 2.75) is 25.3 Å². The van der Waals surface area contributed by atoms with E-state index in [4.69, 9.17) is 5.73 Å². The van der Waals surface area contributed by atoms with E-state index in [2.05, 4.69) is 15.2 Å². The maximum atomic E-state index is 12.5. The van der Waals surface area contributed by atoms with Gasteiger partial charge in [-0.1, -0.05) is 0 Å². The number of carbonyl (C=O) groups excluding carboxylic acids is 1. The zero-order valence-electron chi connectivity index (χ0n) is 11.9. The molecule has 1 atom stereocenters. The average molecular weight is 288 g/mol. The van der Waals surface area contributed by atoms with Crippen molar-refractivity contribution in [2.75, 3.05) is 19.6 Å². The van der Waals surface area contributed by atoms with E-state index in [9.17, 15) is 4.79 Å². The van der Waals surface area contributed by atoms with Gasteiger partial charge < -0.3 is 15.2 Å². The number of rotatable bonds is 4. The number of nitrogens with zero attached hydrogens (tertiary/aromatic N) is 4. The Labute approximate surface area is 123 Å². The highest BCUT2D eigenvalue weighted by Crippen LogP contribution is 2.25. The summed E-state index contributed by atoms with van der Waals surface area (Å²) >= 11 is 0. The molecule has 3 rings (SSSR count). The minimum atomic E-state index is -0.00464. The summed E-state index contributed by atoms with van der Waals surface area (Å²) in [4.78, 5) is 18.6. The third kappa shape index (κ3) is 2.97. The summed E-state index contributed by atoms with van der Waals surface area (Å²) < 4.78 is 1.85. The van der Waals surface area contributed by atoms with E-state index in [0.29, 0.717) is 31.2 Å². The smallest absolute Gasteiger partial charge is 0.274 e. The number of hydrogen-bond donors (Lipinski definition) is 2. The number of H-pyrrole nitrogens is 1. The fourth-order valence-corrected chi connectivity index (χ4v) is 2.81. The Hall–Kier alpha value is -2.15. The normalized spacial score (nSPS) is 18.9. The zero-order valence-corrected chi connectivity index (χ0v) is 11.9. The Morgan fingerprint density at radius 3 is 3.19 bits per heavy atom. The predicted octanol–water partition coefficient (Wildman–Crippen LogP) is 0.585. The van der Waals surface area contributed by atoms with Gasteiger partial charge in [0.2, 0.25) is 0 Å². The Bertz CT molecular complexity index is 590. The van der Waals surface area contributed by atoms with Gasteiger partial charge in [0.05, 0.1) is 6.33 Å². The maximum absolute atomic E-state index is 12.5. The number of hydrogen-bond acceptors (Lipinski definition) is 4. The molecule has 1 aliphatic heterocycles. The first-order valence-corrected chi connectivity index (χ1v) is 7.28. The lowest BCUT2D eigenvalue weighted by Crippen LogP contribution is -2.39. The van der Waals surface area contributed by atoms with Crippen LogP contribution in [0.5, 0.6) is 0 Å². The summed E-state index contributed by atoms with van der Waals surface area (Å²) in [5.74, 6) is 0.325. The van der Waals surface area contributed by atoms with E-state index in [1.165, 1.54) is 0 Å². The highest BCUT2D eigenvalue weighted by atomic mass is 16.2. The lowest BCUT2D eigenvalue weighted by molar-refractivity contribution is 0.0700. The molecule has 0 aromatic carbocycles. The van der Waals surface area contributed by atoms with Crippen LogP contribution in [0.2, 0.25) is 0 Å². The first-order chi connectivity index (χ1) is 10.3. The van der Waals surface area contributed by atoms with Crippen LogP contribution in [-0.2, 0) is 6.54 Å². The van der Waals surface area contributed by atoms with Crippen LogP contribution in [-0.4, -0.2) is 50.2 Å². The minimum Gasteiger partial charge on any atom is -0.337 e. The molecule has 1 saturated heterocycles. The predicted molar refractivity (Wildman–Crippen MR) is 77.7 cm³/mol. The molecule has 3 N–H and O–H groups in total. The lowest BCUT2D eigenvalue weighted by atomic mass is 9.95. The molecule has 0 aliphatic carbocycles. The summed E-state index contributed by atoms with van der Waals surface area (Å²) in [5.41, 5.74) is 7.10. The molecule has 112 valence electrons. The second-order valence-electron chi connectivity index (χ2n) is 5.39. The molecule has 3 heterocycles. The van der Waals surface area contributed by atoms with Gasteiger partial charge in [-0.3, -0.25) is 9.89 Å². The van der Waals surface area contributed by atoms with Crippen LogP contribution in [0.15, 0.2) is 24.8 Å². The van der Waals surface area contributed by atoms with Gasteiger partial charge in [0.15, 0.2) is 0 Å². The van der Waals surface area contributed by atoms with E-state index in [0.717, 1.165) is 25.1 Å². The number of nitrogens with two attached hydrogens (primary N) is 1. The molecular weight excluding hydrogens is 268 g/mol. The molecule has 2 aromatic rings. The molecule has 1 aliphatic rings. The van der Waals surface area contributed by atoms with Crippen LogP contribution in [0.3, 0.4) is 0 Å². The van der Waals surface area contributed by atoms with Gasteiger partial charge in [0, 0.05) is 50.2 Å². The van der Waals surface area contributed by atoms with Crippen molar-refractivity contribution < 1.29 is 4.79 Å². The van der Waals surface area contributed by atoms with Crippen molar-refractivity contribution >= 4 is 5.91 Å². The largest absolute Gasteiger partial charge is 0.337 e. The van der Waals surface area contributed by atoms with Gasteiger partial charge in [-0.2, -0.15) is 5.10 Å². The molecule has 21 heavy (non-hydrogen) atoms. The molecule has 7 nitrogen and oxygen atoms in total. The molecule has 0 bridgehead atoms. The van der Waals surface area contributed by atoms with Gasteiger partial charge in [0.1, 0.15) is 5.69 Å². The summed E-state index contributed by atoms with van der Waals surface area (Å²) in [6.45, 7) is 2.71. The third-order valence-corrected chi connectivity index (χ3v) is 3.91. The number of imidazole rings is 1. The van der Waals surface area contributed by atoms with E-state index >= 15 is 0 Å². The van der Waals surface area contributed by atoms with Crippen molar-refractivity contribution in [2.24, 2.45) is 5.73 Å². The number of likely N-dealkylation sites (tertiary alicyclic amines) is 1. The SMILES string of the molecule is NCCn1cnc(C(=O)N2CCCC(c3ccn[nH]3)C2)c1. The fourth-order valence-electron chi connectivity index (χ4n) is 2.81. The van der Waals surface area contributed by atoms with Crippen molar-refractivity contribution in [1.82, 2.24) is 24.6 Å². The number of aromatic amines is 1. The second-order valence-corrected chi connectivity index (χ2v) is 5.39. The molecule has 1 fully saturated rings. The van der Waals surface area contributed by atoms with Crippen molar-refractivity contribution in [3.8, 4) is 0 Å². The van der Waals surface area contributed by atoms with Crippen LogP contribution in [0.25, 0.3) is 0 Å². The lowest BCUT2D eigenvalue weighted by Gasteiger charge is -2.31. The van der Waals surface area contributed by atoms with Crippen LogP contribution in [0.1, 0.15) is 34.9 Å². The average Bonchev–Trinajstić information content (AvgIpc) is 3.18. The zero-order chi connectivity index (χ0) is 14.7. The van der Waals surface area contributed by atoms with Gasteiger partial charge in [0.25, 0.3) is 5.91 Å². The summed E-state index contributed by atoms with van der Waals surface area (Å²) in [6, 6.07) is 1.98. The highest BCUT2D eigenvalue weighted by Gasteiger charge is 2.27. The van der Waals surface area contributed by atoms with Crippen molar-refractivity contribution in [3.05, 3.63) is 36.2 Å². The summed E-state index contributed by atoms with van der Waals surface area (Å²) in [6.07, 6.45) is 7.27. The number of carbonyl (C=O) groups is 1. The Morgan fingerprint density at radius 2 is 2.43 bits per heavy atom. The molecular formula is C14H20N6O. The standard InChI is InChI=1S/C14H20N6O/c15-4-7-19-9-13(16-10-19)14(21)20-6-1-2-11(8-20)12-3-5-17-18-12/h3,5,9-11H,1-2,4,6-8,15H2,(H,17,18). The minimum absolute atomic E-state index is 0.00464. The van der Waals surface area contributed by atoms with Crippen molar-refractivity contribution in [1.29, 1.82) is 0 Å². The van der Waals surface area contributed by atoms with Gasteiger partial charge in [-0.15, -0.1) is 0 Å². The second kappa shape index (κ2) is 6.09.